The fourth-order valence-electron chi connectivity index (χ4n) is 2.25. The van der Waals surface area contributed by atoms with E-state index in [-0.39, 0.29) is 24.4 Å². The summed E-state index contributed by atoms with van der Waals surface area (Å²) in [5.74, 6) is -0.0320. The molecule has 96 valence electrons. The van der Waals surface area contributed by atoms with Crippen molar-refractivity contribution in [3.63, 3.8) is 0 Å². The van der Waals surface area contributed by atoms with Crippen LogP contribution in [0.4, 0.5) is 0 Å². The van der Waals surface area contributed by atoms with Crippen molar-refractivity contribution in [2.45, 2.75) is 12.5 Å². The molecule has 18 heavy (non-hydrogen) atoms. The second-order valence-electron chi connectivity index (χ2n) is 4.42. The van der Waals surface area contributed by atoms with E-state index in [2.05, 4.69) is 10.2 Å². The smallest absolute Gasteiger partial charge is 0.275 e. The Balaban J connectivity index is 0.00000120. The maximum Gasteiger partial charge on any atom is 0.275 e. The van der Waals surface area contributed by atoms with Crippen molar-refractivity contribution in [1.29, 1.82) is 0 Å². The molecule has 1 atom stereocenters. The van der Waals surface area contributed by atoms with Crippen LogP contribution in [0.25, 0.3) is 10.9 Å². The first kappa shape index (κ1) is 12.9. The molecule has 1 saturated heterocycles. The standard InChI is InChI=1S/C12H14N4O.ClH/c13-8-5-6-16(7-8)12(17)11-9-3-1-2-4-10(9)14-15-11;/h1-4,8H,5-7,13H2,(H,14,15);1H/t8-;/m1./s1. The first-order valence-corrected chi connectivity index (χ1v) is 5.73. The van der Waals surface area contributed by atoms with Crippen LogP contribution in [0, 0.1) is 0 Å². The maximum absolute atomic E-state index is 12.3. The lowest BCUT2D eigenvalue weighted by molar-refractivity contribution is 0.0787. The number of nitrogens with one attached hydrogen (secondary N) is 1. The van der Waals surface area contributed by atoms with Crippen molar-refractivity contribution in [3.8, 4) is 0 Å². The van der Waals surface area contributed by atoms with Gasteiger partial charge in [-0.05, 0) is 12.5 Å². The maximum atomic E-state index is 12.3. The van der Waals surface area contributed by atoms with Crippen molar-refractivity contribution in [3.05, 3.63) is 30.0 Å². The van der Waals surface area contributed by atoms with Crippen LogP contribution in [0.2, 0.25) is 0 Å². The van der Waals surface area contributed by atoms with E-state index >= 15 is 0 Å². The zero-order chi connectivity index (χ0) is 11.8. The third-order valence-corrected chi connectivity index (χ3v) is 3.18. The average molecular weight is 267 g/mol. The van der Waals surface area contributed by atoms with Gasteiger partial charge >= 0.3 is 0 Å². The predicted octanol–water partition coefficient (Wildman–Crippen LogP) is 1.16. The molecule has 0 saturated carbocycles. The van der Waals surface area contributed by atoms with Gasteiger partial charge in [-0.15, -0.1) is 12.4 Å². The van der Waals surface area contributed by atoms with E-state index in [9.17, 15) is 4.79 Å². The molecular formula is C12H15ClN4O. The number of carbonyl (C=O) groups is 1. The second kappa shape index (κ2) is 4.96. The number of para-hydroxylation sites is 1. The summed E-state index contributed by atoms with van der Waals surface area (Å²) >= 11 is 0. The molecule has 1 aromatic carbocycles. The summed E-state index contributed by atoms with van der Waals surface area (Å²) in [5.41, 5.74) is 7.19. The van der Waals surface area contributed by atoms with Gasteiger partial charge in [0.25, 0.3) is 5.91 Å². The predicted molar refractivity (Wildman–Crippen MR) is 71.8 cm³/mol. The fourth-order valence-corrected chi connectivity index (χ4v) is 2.25. The molecule has 0 aliphatic carbocycles. The minimum Gasteiger partial charge on any atom is -0.336 e. The Labute approximate surface area is 111 Å². The third kappa shape index (κ3) is 2.07. The van der Waals surface area contributed by atoms with E-state index in [4.69, 9.17) is 5.73 Å². The first-order valence-electron chi connectivity index (χ1n) is 5.73. The topological polar surface area (TPSA) is 75.0 Å². The summed E-state index contributed by atoms with van der Waals surface area (Å²) in [5, 5.41) is 7.86. The number of aromatic amines is 1. The Morgan fingerprint density at radius 1 is 1.44 bits per heavy atom. The number of rotatable bonds is 1. The highest BCUT2D eigenvalue weighted by atomic mass is 35.5. The van der Waals surface area contributed by atoms with Crippen molar-refractivity contribution in [1.82, 2.24) is 15.1 Å². The Hall–Kier alpha value is -1.59. The molecule has 1 amide bonds. The number of amides is 1. The second-order valence-corrected chi connectivity index (χ2v) is 4.42. The largest absolute Gasteiger partial charge is 0.336 e. The SMILES string of the molecule is Cl.N[C@@H]1CCN(C(=O)c2n[nH]c3ccccc23)C1. The van der Waals surface area contributed by atoms with E-state index in [1.165, 1.54) is 0 Å². The summed E-state index contributed by atoms with van der Waals surface area (Å²) in [4.78, 5) is 14.0. The minimum absolute atomic E-state index is 0. The van der Waals surface area contributed by atoms with Crippen LogP contribution in [0.1, 0.15) is 16.9 Å². The van der Waals surface area contributed by atoms with Gasteiger partial charge in [0.15, 0.2) is 5.69 Å². The molecular weight excluding hydrogens is 252 g/mol. The van der Waals surface area contributed by atoms with Gasteiger partial charge in [-0.2, -0.15) is 5.10 Å². The molecule has 5 nitrogen and oxygen atoms in total. The molecule has 0 radical (unpaired) electrons. The normalized spacial score (nSPS) is 18.9. The van der Waals surface area contributed by atoms with Crippen molar-refractivity contribution >= 4 is 29.2 Å². The highest BCUT2D eigenvalue weighted by molar-refractivity contribution is 6.04. The average Bonchev–Trinajstić information content (AvgIpc) is 2.94. The van der Waals surface area contributed by atoms with Crippen molar-refractivity contribution in [2.75, 3.05) is 13.1 Å². The lowest BCUT2D eigenvalue weighted by Crippen LogP contribution is -2.32. The van der Waals surface area contributed by atoms with Gasteiger partial charge in [0.1, 0.15) is 0 Å². The zero-order valence-electron chi connectivity index (χ0n) is 9.80. The van der Waals surface area contributed by atoms with Gasteiger partial charge in [-0.25, -0.2) is 0 Å². The van der Waals surface area contributed by atoms with Crippen LogP contribution in [0.15, 0.2) is 24.3 Å². The molecule has 0 spiro atoms. The van der Waals surface area contributed by atoms with Gasteiger partial charge in [0.05, 0.1) is 5.52 Å². The van der Waals surface area contributed by atoms with Crippen LogP contribution in [0.5, 0.6) is 0 Å². The zero-order valence-corrected chi connectivity index (χ0v) is 10.6. The number of hydrogen-bond donors (Lipinski definition) is 2. The number of nitrogens with two attached hydrogens (primary N) is 1. The van der Waals surface area contributed by atoms with Crippen molar-refractivity contribution in [2.24, 2.45) is 5.73 Å². The lowest BCUT2D eigenvalue weighted by atomic mass is 10.2. The van der Waals surface area contributed by atoms with Crippen LogP contribution in [0.3, 0.4) is 0 Å². The number of H-pyrrole nitrogens is 1. The monoisotopic (exact) mass is 266 g/mol. The molecule has 3 N–H and O–H groups in total. The van der Waals surface area contributed by atoms with Crippen LogP contribution in [-0.2, 0) is 0 Å². The summed E-state index contributed by atoms with van der Waals surface area (Å²) in [6, 6.07) is 7.74. The highest BCUT2D eigenvalue weighted by Gasteiger charge is 2.26. The summed E-state index contributed by atoms with van der Waals surface area (Å²) in [6.07, 6.45) is 0.869. The van der Waals surface area contributed by atoms with Crippen LogP contribution < -0.4 is 5.73 Å². The summed E-state index contributed by atoms with van der Waals surface area (Å²) < 4.78 is 0. The molecule has 2 heterocycles. The van der Waals surface area contributed by atoms with Gasteiger partial charge < -0.3 is 10.6 Å². The molecule has 1 aromatic heterocycles. The molecule has 1 fully saturated rings. The van der Waals surface area contributed by atoms with Crippen LogP contribution in [-0.4, -0.2) is 40.1 Å². The Morgan fingerprint density at radius 3 is 2.94 bits per heavy atom. The number of benzene rings is 1. The molecule has 2 aromatic rings. The number of nitrogens with zero attached hydrogens (tertiary/aromatic N) is 2. The highest BCUT2D eigenvalue weighted by Crippen LogP contribution is 2.18. The Morgan fingerprint density at radius 2 is 2.22 bits per heavy atom. The summed E-state index contributed by atoms with van der Waals surface area (Å²) in [7, 11) is 0. The summed E-state index contributed by atoms with van der Waals surface area (Å²) in [6.45, 7) is 1.35. The van der Waals surface area contributed by atoms with Crippen molar-refractivity contribution < 1.29 is 4.79 Å². The minimum atomic E-state index is -0.0320. The third-order valence-electron chi connectivity index (χ3n) is 3.18. The number of carbonyl (C=O) groups excluding carboxylic acids is 1. The van der Waals surface area contributed by atoms with Crippen LogP contribution >= 0.6 is 12.4 Å². The molecule has 6 heteroatoms. The number of hydrogen-bond acceptors (Lipinski definition) is 3. The number of fused-ring (bicyclic) bond motifs is 1. The lowest BCUT2D eigenvalue weighted by Gasteiger charge is -2.13. The van der Waals surface area contributed by atoms with E-state index in [0.29, 0.717) is 12.2 Å². The number of aromatic nitrogens is 2. The van der Waals surface area contributed by atoms with E-state index in [1.54, 1.807) is 4.90 Å². The van der Waals surface area contributed by atoms with E-state index < -0.39 is 0 Å². The van der Waals surface area contributed by atoms with E-state index in [1.807, 2.05) is 24.3 Å². The first-order chi connectivity index (χ1) is 8.25. The quantitative estimate of drug-likeness (QED) is 0.813. The van der Waals surface area contributed by atoms with Gasteiger partial charge in [-0.3, -0.25) is 9.89 Å². The fraction of sp³-hybridized carbons (Fsp3) is 0.333. The van der Waals surface area contributed by atoms with Gasteiger partial charge in [0.2, 0.25) is 0 Å². The van der Waals surface area contributed by atoms with Gasteiger partial charge in [0, 0.05) is 24.5 Å². The Kier molecular flexibility index (Phi) is 3.54. The molecule has 1 aliphatic heterocycles. The number of likely N-dealkylation sites (tertiary alicyclic amines) is 1. The molecule has 1 aliphatic rings. The van der Waals surface area contributed by atoms with Gasteiger partial charge in [-0.1, -0.05) is 18.2 Å². The van der Waals surface area contributed by atoms with E-state index in [0.717, 1.165) is 23.9 Å². The molecule has 3 rings (SSSR count). The Bertz CT molecular complexity index is 568. The molecule has 0 bridgehead atoms. The number of halogens is 1. The molecule has 0 unspecified atom stereocenters.